The lowest BCUT2D eigenvalue weighted by molar-refractivity contribution is 0.182. The molecule has 0 spiro atoms. The zero-order valence-electron chi connectivity index (χ0n) is 17.5. The molecule has 7 heteroatoms. The highest BCUT2D eigenvalue weighted by molar-refractivity contribution is 5.62. The minimum Gasteiger partial charge on any atom is -0.383 e. The lowest BCUT2D eigenvalue weighted by Crippen LogP contribution is -2.23. The molecule has 1 aliphatic rings. The van der Waals surface area contributed by atoms with Crippen molar-refractivity contribution in [1.29, 1.82) is 0 Å². The Hall–Kier alpha value is -2.67. The summed E-state index contributed by atoms with van der Waals surface area (Å²) in [6, 6.07) is 7.68. The monoisotopic (exact) mass is 412 g/mol. The second kappa shape index (κ2) is 8.60. The summed E-state index contributed by atoms with van der Waals surface area (Å²) in [5.74, 6) is -0.576. The van der Waals surface area contributed by atoms with Gasteiger partial charge in [-0.25, -0.2) is 8.78 Å². The summed E-state index contributed by atoms with van der Waals surface area (Å²) in [5, 5.41) is 13.2. The minimum absolute atomic E-state index is 0.0429. The van der Waals surface area contributed by atoms with Crippen LogP contribution in [-0.4, -0.2) is 33.7 Å². The van der Waals surface area contributed by atoms with Crippen molar-refractivity contribution in [1.82, 2.24) is 20.0 Å². The van der Waals surface area contributed by atoms with E-state index in [1.807, 2.05) is 16.8 Å². The Morgan fingerprint density at radius 2 is 1.90 bits per heavy atom. The predicted molar refractivity (Wildman–Crippen MR) is 110 cm³/mol. The summed E-state index contributed by atoms with van der Waals surface area (Å²) < 4.78 is 35.9. The zero-order chi connectivity index (χ0) is 21.3. The second-order valence-electron chi connectivity index (χ2n) is 8.12. The number of halogens is 2. The summed E-state index contributed by atoms with van der Waals surface area (Å²) in [6.45, 7) is 5.56. The molecule has 2 atom stereocenters. The largest absolute Gasteiger partial charge is 0.383 e. The van der Waals surface area contributed by atoms with Crippen molar-refractivity contribution < 1.29 is 13.5 Å². The number of benzene rings is 1. The van der Waals surface area contributed by atoms with Gasteiger partial charge in [-0.2, -0.15) is 10.2 Å². The first-order valence-corrected chi connectivity index (χ1v) is 10.3. The maximum atomic E-state index is 14.4. The molecule has 1 aromatic carbocycles. The average molecular weight is 412 g/mol. The Balaban J connectivity index is 1.80. The predicted octanol–water partition coefficient (Wildman–Crippen LogP) is 4.93. The van der Waals surface area contributed by atoms with E-state index in [1.54, 1.807) is 13.3 Å². The average Bonchev–Trinajstić information content (AvgIpc) is 3.19. The van der Waals surface area contributed by atoms with Crippen molar-refractivity contribution in [2.45, 2.75) is 45.1 Å². The van der Waals surface area contributed by atoms with Crippen LogP contribution in [0.1, 0.15) is 55.5 Å². The fraction of sp³-hybridized carbons (Fsp3) is 0.435. The minimum atomic E-state index is -0.629. The van der Waals surface area contributed by atoms with Gasteiger partial charge in [-0.15, -0.1) is 5.10 Å². The van der Waals surface area contributed by atoms with Gasteiger partial charge < -0.3 is 4.74 Å². The molecule has 0 fully saturated rings. The molecule has 3 aromatic rings. The summed E-state index contributed by atoms with van der Waals surface area (Å²) in [6.07, 6.45) is 3.68. The van der Waals surface area contributed by atoms with E-state index in [0.717, 1.165) is 29.8 Å². The van der Waals surface area contributed by atoms with Crippen LogP contribution >= 0.6 is 0 Å². The second-order valence-corrected chi connectivity index (χ2v) is 8.12. The number of hydrogen-bond acceptors (Lipinski definition) is 4. The van der Waals surface area contributed by atoms with Crippen molar-refractivity contribution >= 4 is 0 Å². The molecule has 0 radical (unpaired) electrons. The molecular weight excluding hydrogens is 386 g/mol. The molecule has 2 aromatic heterocycles. The molecule has 0 aliphatic heterocycles. The third-order valence-corrected chi connectivity index (χ3v) is 5.99. The molecule has 1 aliphatic carbocycles. The first kappa shape index (κ1) is 20.6. The fourth-order valence-electron chi connectivity index (χ4n) is 4.47. The number of nitrogens with zero attached hydrogens (tertiary/aromatic N) is 4. The molecule has 2 heterocycles. The van der Waals surface area contributed by atoms with E-state index in [1.165, 1.54) is 18.2 Å². The van der Waals surface area contributed by atoms with E-state index in [2.05, 4.69) is 29.1 Å². The van der Waals surface area contributed by atoms with Crippen LogP contribution in [0.15, 0.2) is 36.5 Å². The molecule has 0 saturated carbocycles. The first-order valence-electron chi connectivity index (χ1n) is 10.3. The van der Waals surface area contributed by atoms with E-state index in [-0.39, 0.29) is 23.1 Å². The number of ether oxygens (including phenoxy) is 1. The van der Waals surface area contributed by atoms with Gasteiger partial charge >= 0.3 is 0 Å². The van der Waals surface area contributed by atoms with Gasteiger partial charge in [-0.05, 0) is 54.5 Å². The zero-order valence-corrected chi connectivity index (χ0v) is 17.5. The van der Waals surface area contributed by atoms with Crippen molar-refractivity contribution in [2.24, 2.45) is 5.92 Å². The number of aromatic nitrogens is 4. The summed E-state index contributed by atoms with van der Waals surface area (Å²) >= 11 is 0. The number of rotatable bonds is 6. The van der Waals surface area contributed by atoms with Gasteiger partial charge in [0.15, 0.2) is 0 Å². The maximum absolute atomic E-state index is 14.4. The van der Waals surface area contributed by atoms with Crippen LogP contribution < -0.4 is 0 Å². The third kappa shape index (κ3) is 3.74. The van der Waals surface area contributed by atoms with Crippen molar-refractivity contribution in [3.05, 3.63) is 65.1 Å². The molecule has 0 amide bonds. The highest BCUT2D eigenvalue weighted by Gasteiger charge is 2.34. The van der Waals surface area contributed by atoms with Gasteiger partial charge in [0.05, 0.1) is 30.1 Å². The first-order chi connectivity index (χ1) is 14.5. The summed E-state index contributed by atoms with van der Waals surface area (Å²) in [4.78, 5) is 0. The van der Waals surface area contributed by atoms with E-state index in [0.29, 0.717) is 19.1 Å². The highest BCUT2D eigenvalue weighted by Crippen LogP contribution is 2.45. The lowest BCUT2D eigenvalue weighted by atomic mass is 9.73. The highest BCUT2D eigenvalue weighted by atomic mass is 19.1. The Kier molecular flexibility index (Phi) is 5.90. The summed E-state index contributed by atoms with van der Waals surface area (Å²) in [7, 11) is 1.67. The van der Waals surface area contributed by atoms with Crippen molar-refractivity contribution in [3.63, 3.8) is 0 Å². The molecule has 4 rings (SSSR count). The van der Waals surface area contributed by atoms with Crippen LogP contribution in [0, 0.1) is 17.6 Å². The molecule has 30 heavy (non-hydrogen) atoms. The smallest absolute Gasteiger partial charge is 0.135 e. The van der Waals surface area contributed by atoms with Crippen LogP contribution in [0.2, 0.25) is 0 Å². The summed E-state index contributed by atoms with van der Waals surface area (Å²) in [5.41, 5.74) is 3.08. The molecule has 0 bridgehead atoms. The number of fused-ring (bicyclic) bond motifs is 1. The lowest BCUT2D eigenvalue weighted by Gasteiger charge is -2.33. The molecule has 158 valence electrons. The van der Waals surface area contributed by atoms with E-state index < -0.39 is 11.6 Å². The van der Waals surface area contributed by atoms with Crippen LogP contribution in [-0.2, 0) is 11.3 Å². The normalized spacial score (nSPS) is 18.6. The van der Waals surface area contributed by atoms with Crippen molar-refractivity contribution in [2.75, 3.05) is 13.7 Å². The Morgan fingerprint density at radius 3 is 2.60 bits per heavy atom. The van der Waals surface area contributed by atoms with Gasteiger partial charge in [-0.1, -0.05) is 19.9 Å². The molecule has 5 nitrogen and oxygen atoms in total. The number of hydrogen-bond donors (Lipinski definition) is 0. The SMILES string of the molecule is COCCn1nccc1C1CCC(C(C)C)c2cc(-c3c(F)cccc3F)nnc21. The van der Waals surface area contributed by atoms with Gasteiger partial charge in [0.25, 0.3) is 0 Å². The topological polar surface area (TPSA) is 52.8 Å². The Labute approximate surface area is 175 Å². The maximum Gasteiger partial charge on any atom is 0.135 e. The molecule has 2 unspecified atom stereocenters. The molecular formula is C23H26F2N4O. The van der Waals surface area contributed by atoms with E-state index in [9.17, 15) is 8.78 Å². The Morgan fingerprint density at radius 1 is 1.13 bits per heavy atom. The van der Waals surface area contributed by atoms with Gasteiger partial charge in [0, 0.05) is 24.9 Å². The van der Waals surface area contributed by atoms with Gasteiger partial charge in [0.2, 0.25) is 0 Å². The van der Waals surface area contributed by atoms with Crippen LogP contribution in [0.25, 0.3) is 11.3 Å². The van der Waals surface area contributed by atoms with E-state index in [4.69, 9.17) is 4.74 Å². The quantitative estimate of drug-likeness (QED) is 0.576. The standard InChI is InChI=1S/C23H26F2N4O/c1-14(2)15-7-8-16(21-9-10-26-29(21)11-12-30-3)23-17(15)13-20(27-28-23)22-18(24)5-4-6-19(22)25/h4-6,9-10,13-16H,7-8,11-12H2,1-3H3. The van der Waals surface area contributed by atoms with Gasteiger partial charge in [-0.3, -0.25) is 4.68 Å². The molecule has 0 N–H and O–H groups in total. The fourth-order valence-corrected chi connectivity index (χ4v) is 4.47. The van der Waals surface area contributed by atoms with Crippen LogP contribution in [0.3, 0.4) is 0 Å². The third-order valence-electron chi connectivity index (χ3n) is 5.99. The van der Waals surface area contributed by atoms with Crippen LogP contribution in [0.4, 0.5) is 8.78 Å². The number of methoxy groups -OCH3 is 1. The van der Waals surface area contributed by atoms with Crippen molar-refractivity contribution in [3.8, 4) is 11.3 Å². The van der Waals surface area contributed by atoms with E-state index >= 15 is 0 Å². The molecule has 0 saturated heterocycles. The Bertz CT molecular complexity index is 1010. The van der Waals surface area contributed by atoms with Gasteiger partial charge in [0.1, 0.15) is 11.6 Å². The van der Waals surface area contributed by atoms with Crippen LogP contribution in [0.5, 0.6) is 0 Å².